The minimum absolute atomic E-state index is 0.0805. The average Bonchev–Trinajstić information content (AvgIpc) is 2.53. The molecule has 0 saturated carbocycles. The van der Waals surface area contributed by atoms with Crippen LogP contribution in [0.3, 0.4) is 0 Å². The summed E-state index contributed by atoms with van der Waals surface area (Å²) in [4.78, 5) is 23.2. The van der Waals surface area contributed by atoms with Crippen molar-refractivity contribution in [3.05, 3.63) is 63.2 Å². The molecule has 0 spiro atoms. The van der Waals surface area contributed by atoms with Gasteiger partial charge in [-0.2, -0.15) is 0 Å². The molecule has 0 radical (unpaired) electrons. The quantitative estimate of drug-likeness (QED) is 0.657. The van der Waals surface area contributed by atoms with Gasteiger partial charge in [-0.1, -0.05) is 32.9 Å². The number of hydrogen-bond acceptors (Lipinski definition) is 4. The van der Waals surface area contributed by atoms with Crippen LogP contribution < -0.4 is 10.1 Å². The van der Waals surface area contributed by atoms with E-state index in [1.807, 2.05) is 12.1 Å². The van der Waals surface area contributed by atoms with Crippen molar-refractivity contribution < 1.29 is 14.5 Å². The van der Waals surface area contributed by atoms with E-state index >= 15 is 0 Å². The van der Waals surface area contributed by atoms with Crippen molar-refractivity contribution in [3.8, 4) is 5.75 Å². The van der Waals surface area contributed by atoms with Crippen LogP contribution in [-0.4, -0.2) is 17.9 Å². The highest BCUT2D eigenvalue weighted by Crippen LogP contribution is 2.32. The fraction of sp³-hybridized carbons (Fsp3) is 0.316. The lowest BCUT2D eigenvalue weighted by Gasteiger charge is -2.21. The summed E-state index contributed by atoms with van der Waals surface area (Å²) >= 11 is 0. The Hall–Kier alpha value is -2.89. The van der Waals surface area contributed by atoms with Gasteiger partial charge in [-0.05, 0) is 36.1 Å². The molecule has 2 aromatic rings. The van der Waals surface area contributed by atoms with Crippen LogP contribution in [0.15, 0.2) is 36.4 Å². The Kier molecular flexibility index (Phi) is 5.11. The highest BCUT2D eigenvalue weighted by Gasteiger charge is 2.20. The molecule has 0 unspecified atom stereocenters. The van der Waals surface area contributed by atoms with E-state index in [0.29, 0.717) is 17.0 Å². The maximum Gasteiger partial charge on any atom is 0.273 e. The molecule has 0 aliphatic carbocycles. The van der Waals surface area contributed by atoms with Crippen LogP contribution in [-0.2, 0) is 5.41 Å². The zero-order chi connectivity index (χ0) is 18.8. The van der Waals surface area contributed by atoms with Crippen molar-refractivity contribution in [1.82, 2.24) is 0 Å². The number of nitro benzene ring substituents is 1. The molecule has 6 heteroatoms. The summed E-state index contributed by atoms with van der Waals surface area (Å²) in [5, 5.41) is 13.9. The van der Waals surface area contributed by atoms with Crippen LogP contribution in [0, 0.1) is 17.0 Å². The molecular formula is C19H22N2O4. The van der Waals surface area contributed by atoms with E-state index < -0.39 is 10.8 Å². The minimum atomic E-state index is -0.493. The van der Waals surface area contributed by atoms with Crippen LogP contribution in [0.1, 0.15) is 42.3 Å². The predicted molar refractivity (Wildman–Crippen MR) is 97.5 cm³/mol. The first-order valence-electron chi connectivity index (χ1n) is 7.89. The maximum atomic E-state index is 12.6. The van der Waals surface area contributed by atoms with Crippen LogP contribution in [0.4, 0.5) is 11.4 Å². The summed E-state index contributed by atoms with van der Waals surface area (Å²) in [6.45, 7) is 7.79. The maximum absolute atomic E-state index is 12.6. The summed E-state index contributed by atoms with van der Waals surface area (Å²) in [7, 11) is 1.53. The number of carbonyl (C=O) groups is 1. The van der Waals surface area contributed by atoms with Crippen molar-refractivity contribution in [2.75, 3.05) is 12.4 Å². The van der Waals surface area contributed by atoms with E-state index in [0.717, 1.165) is 5.56 Å². The Morgan fingerprint density at radius 2 is 1.88 bits per heavy atom. The normalized spacial score (nSPS) is 11.1. The number of rotatable bonds is 4. The first kappa shape index (κ1) is 18.4. The first-order chi connectivity index (χ1) is 11.6. The lowest BCUT2D eigenvalue weighted by molar-refractivity contribution is -0.385. The van der Waals surface area contributed by atoms with Crippen LogP contribution in [0.5, 0.6) is 5.75 Å². The molecule has 0 bridgehead atoms. The van der Waals surface area contributed by atoms with Crippen LogP contribution >= 0.6 is 0 Å². The predicted octanol–water partition coefficient (Wildman–Crippen LogP) is 4.46. The standard InChI is InChI=1S/C19H22N2O4/c1-12-14(7-6-8-16(12)21(23)24)18(22)20-15-11-13(19(2,3)4)9-10-17(15)25-5/h6-11H,1-5H3,(H,20,22). The van der Waals surface area contributed by atoms with E-state index in [1.165, 1.54) is 19.2 Å². The minimum Gasteiger partial charge on any atom is -0.495 e. The van der Waals surface area contributed by atoms with Crippen molar-refractivity contribution in [1.29, 1.82) is 0 Å². The number of hydrogen-bond donors (Lipinski definition) is 1. The SMILES string of the molecule is COc1ccc(C(C)(C)C)cc1NC(=O)c1cccc([N+](=O)[O-])c1C. The molecule has 0 fully saturated rings. The molecule has 0 saturated heterocycles. The Morgan fingerprint density at radius 1 is 1.20 bits per heavy atom. The summed E-state index contributed by atoms with van der Waals surface area (Å²) in [5.41, 5.74) is 1.99. The number of ether oxygens (including phenoxy) is 1. The van der Waals surface area contributed by atoms with E-state index in [9.17, 15) is 14.9 Å². The second-order valence-corrected chi connectivity index (χ2v) is 6.83. The Bertz CT molecular complexity index is 823. The zero-order valence-corrected chi connectivity index (χ0v) is 15.0. The zero-order valence-electron chi connectivity index (χ0n) is 15.0. The lowest BCUT2D eigenvalue weighted by atomic mass is 9.87. The Balaban J connectivity index is 2.41. The second-order valence-electron chi connectivity index (χ2n) is 6.83. The molecule has 1 N–H and O–H groups in total. The molecular weight excluding hydrogens is 320 g/mol. The number of benzene rings is 2. The molecule has 6 nitrogen and oxygen atoms in total. The van der Waals surface area contributed by atoms with E-state index in [1.54, 1.807) is 19.1 Å². The van der Waals surface area contributed by atoms with Gasteiger partial charge in [-0.3, -0.25) is 14.9 Å². The number of nitrogens with zero attached hydrogens (tertiary/aromatic N) is 1. The van der Waals surface area contributed by atoms with Crippen LogP contribution in [0.2, 0.25) is 0 Å². The third-order valence-corrected chi connectivity index (χ3v) is 4.06. The molecule has 25 heavy (non-hydrogen) atoms. The molecule has 2 rings (SSSR count). The lowest BCUT2D eigenvalue weighted by Crippen LogP contribution is -2.16. The van der Waals surface area contributed by atoms with Crippen molar-refractivity contribution in [2.24, 2.45) is 0 Å². The van der Waals surface area contributed by atoms with Gasteiger partial charge in [0, 0.05) is 17.2 Å². The molecule has 0 atom stereocenters. The largest absolute Gasteiger partial charge is 0.495 e. The Labute approximate surface area is 147 Å². The molecule has 0 aliphatic rings. The molecule has 2 aromatic carbocycles. The van der Waals surface area contributed by atoms with Crippen molar-refractivity contribution in [2.45, 2.75) is 33.1 Å². The fourth-order valence-corrected chi connectivity index (χ4v) is 2.53. The van der Waals surface area contributed by atoms with Gasteiger partial charge in [0.2, 0.25) is 0 Å². The first-order valence-corrected chi connectivity index (χ1v) is 7.89. The smallest absolute Gasteiger partial charge is 0.273 e. The van der Waals surface area contributed by atoms with Gasteiger partial charge in [0.25, 0.3) is 11.6 Å². The van der Waals surface area contributed by atoms with Gasteiger partial charge in [0.15, 0.2) is 0 Å². The number of amides is 1. The molecule has 0 aromatic heterocycles. The third-order valence-electron chi connectivity index (χ3n) is 4.06. The summed E-state index contributed by atoms with van der Waals surface area (Å²) in [5.74, 6) is 0.120. The van der Waals surface area contributed by atoms with Gasteiger partial charge in [-0.15, -0.1) is 0 Å². The monoisotopic (exact) mass is 342 g/mol. The summed E-state index contributed by atoms with van der Waals surface area (Å²) in [6.07, 6.45) is 0. The fourth-order valence-electron chi connectivity index (χ4n) is 2.53. The van der Waals surface area contributed by atoms with Gasteiger partial charge in [-0.25, -0.2) is 0 Å². The summed E-state index contributed by atoms with van der Waals surface area (Å²) in [6, 6.07) is 10.1. The van der Waals surface area contributed by atoms with Gasteiger partial charge < -0.3 is 10.1 Å². The number of nitro groups is 1. The van der Waals surface area contributed by atoms with Gasteiger partial charge in [0.05, 0.1) is 17.7 Å². The van der Waals surface area contributed by atoms with Gasteiger partial charge >= 0.3 is 0 Å². The summed E-state index contributed by atoms with van der Waals surface area (Å²) < 4.78 is 5.32. The third kappa shape index (κ3) is 3.96. The molecule has 0 heterocycles. The molecule has 0 aliphatic heterocycles. The van der Waals surface area contributed by atoms with E-state index in [2.05, 4.69) is 26.1 Å². The number of methoxy groups -OCH3 is 1. The number of nitrogens with one attached hydrogen (secondary N) is 1. The Morgan fingerprint density at radius 3 is 2.44 bits per heavy atom. The average molecular weight is 342 g/mol. The number of anilines is 1. The highest BCUT2D eigenvalue weighted by molar-refractivity contribution is 6.06. The topological polar surface area (TPSA) is 81.5 Å². The number of carbonyl (C=O) groups excluding carboxylic acids is 1. The van der Waals surface area contributed by atoms with E-state index in [4.69, 9.17) is 4.74 Å². The van der Waals surface area contributed by atoms with Gasteiger partial charge in [0.1, 0.15) is 5.75 Å². The highest BCUT2D eigenvalue weighted by atomic mass is 16.6. The van der Waals surface area contributed by atoms with Crippen molar-refractivity contribution >= 4 is 17.3 Å². The van der Waals surface area contributed by atoms with Crippen molar-refractivity contribution in [3.63, 3.8) is 0 Å². The molecule has 132 valence electrons. The van der Waals surface area contributed by atoms with E-state index in [-0.39, 0.29) is 16.7 Å². The molecule has 1 amide bonds. The second kappa shape index (κ2) is 6.93. The van der Waals surface area contributed by atoms with Crippen LogP contribution in [0.25, 0.3) is 0 Å².